The first kappa shape index (κ1) is 15.0. The highest BCUT2D eigenvalue weighted by Gasteiger charge is 2.31. The number of nitrogens with zero attached hydrogens (tertiary/aromatic N) is 2. The molecule has 1 amide bonds. The van der Waals surface area contributed by atoms with Gasteiger partial charge in [0.25, 0.3) is 0 Å². The fourth-order valence-corrected chi connectivity index (χ4v) is 3.10. The minimum atomic E-state index is 0.133. The Morgan fingerprint density at radius 3 is 2.86 bits per heavy atom. The molecule has 0 spiro atoms. The topological polar surface area (TPSA) is 42.4 Å². The van der Waals surface area contributed by atoms with Crippen molar-refractivity contribution in [3.05, 3.63) is 45.9 Å². The molecule has 0 unspecified atom stereocenters. The van der Waals surface area contributed by atoms with Crippen LogP contribution in [0.25, 0.3) is 0 Å². The Kier molecular flexibility index (Phi) is 4.43. The van der Waals surface area contributed by atoms with Crippen molar-refractivity contribution in [3.8, 4) is 5.75 Å². The molecule has 0 radical (unpaired) electrons. The molecule has 4 nitrogen and oxygen atoms in total. The molecule has 1 aliphatic carbocycles. The second-order valence-corrected chi connectivity index (χ2v) is 6.61. The third kappa shape index (κ3) is 3.65. The average molecular weight is 316 g/mol. The first-order valence-corrected chi connectivity index (χ1v) is 8.40. The molecule has 22 heavy (non-hydrogen) atoms. The average Bonchev–Trinajstić information content (AvgIpc) is 3.23. The van der Waals surface area contributed by atoms with Gasteiger partial charge >= 0.3 is 0 Å². The number of rotatable bonds is 6. The molecule has 3 rings (SSSR count). The van der Waals surface area contributed by atoms with Crippen LogP contribution in [-0.2, 0) is 17.9 Å². The number of para-hydroxylation sites is 1. The van der Waals surface area contributed by atoms with Gasteiger partial charge in [-0.2, -0.15) is 0 Å². The van der Waals surface area contributed by atoms with Gasteiger partial charge in [-0.3, -0.25) is 4.79 Å². The van der Waals surface area contributed by atoms with Crippen LogP contribution in [0.2, 0.25) is 0 Å². The van der Waals surface area contributed by atoms with Gasteiger partial charge in [0.05, 0.1) is 12.2 Å². The van der Waals surface area contributed by atoms with E-state index in [1.165, 1.54) is 0 Å². The van der Waals surface area contributed by atoms with Crippen molar-refractivity contribution in [3.63, 3.8) is 0 Å². The summed E-state index contributed by atoms with van der Waals surface area (Å²) in [6.07, 6.45) is 2.24. The van der Waals surface area contributed by atoms with Gasteiger partial charge in [-0.25, -0.2) is 4.98 Å². The van der Waals surface area contributed by atoms with Gasteiger partial charge in [-0.15, -0.1) is 11.3 Å². The van der Waals surface area contributed by atoms with Crippen LogP contribution in [0.15, 0.2) is 29.6 Å². The smallest absolute Gasteiger partial charge is 0.220 e. The zero-order valence-electron chi connectivity index (χ0n) is 12.9. The van der Waals surface area contributed by atoms with E-state index in [1.54, 1.807) is 18.3 Å². The highest BCUT2D eigenvalue weighted by Crippen LogP contribution is 2.28. The van der Waals surface area contributed by atoms with Gasteiger partial charge in [-0.05, 0) is 31.4 Å². The van der Waals surface area contributed by atoms with Crippen molar-refractivity contribution < 1.29 is 9.53 Å². The van der Waals surface area contributed by atoms with Crippen LogP contribution in [0.3, 0.4) is 0 Å². The summed E-state index contributed by atoms with van der Waals surface area (Å²) in [4.78, 5) is 18.2. The van der Waals surface area contributed by atoms with Crippen LogP contribution < -0.4 is 4.74 Å². The second-order valence-electron chi connectivity index (χ2n) is 5.66. The molecule has 116 valence electrons. The maximum atomic E-state index is 11.7. The summed E-state index contributed by atoms with van der Waals surface area (Å²) in [6, 6.07) is 8.39. The summed E-state index contributed by atoms with van der Waals surface area (Å²) in [5.74, 6) is 1.02. The van der Waals surface area contributed by atoms with E-state index < -0.39 is 0 Å². The number of hydrogen-bond donors (Lipinski definition) is 0. The Hall–Kier alpha value is -1.88. The number of aromatic nitrogens is 1. The van der Waals surface area contributed by atoms with E-state index in [0.29, 0.717) is 19.2 Å². The molecule has 1 aromatic carbocycles. The lowest BCUT2D eigenvalue weighted by molar-refractivity contribution is -0.130. The molecule has 0 atom stereocenters. The molecule has 1 fully saturated rings. The molecule has 0 saturated heterocycles. The van der Waals surface area contributed by atoms with Gasteiger partial charge in [0.2, 0.25) is 5.91 Å². The maximum absolute atomic E-state index is 11.7. The molecule has 1 saturated carbocycles. The molecule has 1 aromatic heterocycles. The predicted octanol–water partition coefficient (Wildman–Crippen LogP) is 3.54. The van der Waals surface area contributed by atoms with Crippen LogP contribution in [0.5, 0.6) is 5.75 Å². The first-order valence-electron chi connectivity index (χ1n) is 7.52. The van der Waals surface area contributed by atoms with E-state index in [1.807, 2.05) is 41.5 Å². The summed E-state index contributed by atoms with van der Waals surface area (Å²) < 4.78 is 5.82. The van der Waals surface area contributed by atoms with E-state index in [0.717, 1.165) is 34.9 Å². The summed E-state index contributed by atoms with van der Waals surface area (Å²) in [6.45, 7) is 4.75. The number of ether oxygens (including phenoxy) is 1. The lowest BCUT2D eigenvalue weighted by Crippen LogP contribution is -2.30. The van der Waals surface area contributed by atoms with Gasteiger partial charge in [-0.1, -0.05) is 18.2 Å². The molecular formula is C17H20N2O2S. The van der Waals surface area contributed by atoms with Crippen molar-refractivity contribution in [2.24, 2.45) is 0 Å². The molecular weight excluding hydrogens is 296 g/mol. The third-order valence-corrected chi connectivity index (χ3v) is 4.64. The Labute approximate surface area is 134 Å². The number of hydrogen-bond acceptors (Lipinski definition) is 4. The second kappa shape index (κ2) is 6.48. The van der Waals surface area contributed by atoms with Crippen molar-refractivity contribution in [1.29, 1.82) is 0 Å². The molecule has 5 heteroatoms. The summed E-state index contributed by atoms with van der Waals surface area (Å²) in [5.41, 5.74) is 2.08. The fourth-order valence-electron chi connectivity index (χ4n) is 2.40. The largest absolute Gasteiger partial charge is 0.486 e. The molecule has 1 aliphatic rings. The van der Waals surface area contributed by atoms with Crippen LogP contribution in [0, 0.1) is 6.92 Å². The molecule has 0 N–H and O–H groups in total. The molecule has 0 bridgehead atoms. The van der Waals surface area contributed by atoms with Gasteiger partial charge in [0.1, 0.15) is 17.4 Å². The number of amides is 1. The normalized spacial score (nSPS) is 13.9. The first-order chi connectivity index (χ1) is 10.6. The standard InChI is InChI=1S/C17H20N2O2S/c1-12-5-3-4-6-16(12)21-10-17-18-14(11-22-17)9-19(13(2)20)15-7-8-15/h3-6,11,15H,7-10H2,1-2H3. The monoisotopic (exact) mass is 316 g/mol. The van der Waals surface area contributed by atoms with Crippen LogP contribution in [-0.4, -0.2) is 21.8 Å². The number of aryl methyl sites for hydroxylation is 1. The van der Waals surface area contributed by atoms with E-state index in [-0.39, 0.29) is 5.91 Å². The summed E-state index contributed by atoms with van der Waals surface area (Å²) in [7, 11) is 0. The Balaban J connectivity index is 1.59. The van der Waals surface area contributed by atoms with E-state index in [2.05, 4.69) is 4.98 Å². The Morgan fingerprint density at radius 1 is 1.41 bits per heavy atom. The van der Waals surface area contributed by atoms with Crippen molar-refractivity contribution in [2.45, 2.75) is 45.9 Å². The van der Waals surface area contributed by atoms with Gasteiger partial charge in [0.15, 0.2) is 0 Å². The van der Waals surface area contributed by atoms with Crippen molar-refractivity contribution in [2.75, 3.05) is 0 Å². The number of carbonyl (C=O) groups is 1. The number of carbonyl (C=O) groups excluding carboxylic acids is 1. The number of thiazole rings is 1. The molecule has 1 heterocycles. The fraction of sp³-hybridized carbons (Fsp3) is 0.412. The van der Waals surface area contributed by atoms with E-state index in [4.69, 9.17) is 4.74 Å². The minimum Gasteiger partial charge on any atom is -0.486 e. The maximum Gasteiger partial charge on any atom is 0.220 e. The van der Waals surface area contributed by atoms with Crippen LogP contribution in [0.4, 0.5) is 0 Å². The Bertz CT molecular complexity index is 664. The highest BCUT2D eigenvalue weighted by molar-refractivity contribution is 7.09. The zero-order valence-corrected chi connectivity index (χ0v) is 13.7. The lowest BCUT2D eigenvalue weighted by atomic mass is 10.2. The SMILES string of the molecule is CC(=O)N(Cc1csc(COc2ccccc2C)n1)C1CC1. The number of benzene rings is 1. The third-order valence-electron chi connectivity index (χ3n) is 3.77. The molecule has 2 aromatic rings. The minimum absolute atomic E-state index is 0.133. The van der Waals surface area contributed by atoms with Crippen LogP contribution >= 0.6 is 11.3 Å². The highest BCUT2D eigenvalue weighted by atomic mass is 32.1. The van der Waals surface area contributed by atoms with Crippen molar-refractivity contribution in [1.82, 2.24) is 9.88 Å². The lowest BCUT2D eigenvalue weighted by Gasteiger charge is -2.19. The quantitative estimate of drug-likeness (QED) is 0.818. The summed E-state index contributed by atoms with van der Waals surface area (Å²) in [5, 5.41) is 2.96. The van der Waals surface area contributed by atoms with E-state index >= 15 is 0 Å². The van der Waals surface area contributed by atoms with Gasteiger partial charge < -0.3 is 9.64 Å². The van der Waals surface area contributed by atoms with E-state index in [9.17, 15) is 4.79 Å². The van der Waals surface area contributed by atoms with Crippen LogP contribution in [0.1, 0.15) is 36.0 Å². The Morgan fingerprint density at radius 2 is 2.18 bits per heavy atom. The molecule has 0 aliphatic heterocycles. The summed E-state index contributed by atoms with van der Waals surface area (Å²) >= 11 is 1.59. The zero-order chi connectivity index (χ0) is 15.5. The van der Waals surface area contributed by atoms with Crippen molar-refractivity contribution >= 4 is 17.2 Å². The predicted molar refractivity (Wildman–Crippen MR) is 86.9 cm³/mol. The van der Waals surface area contributed by atoms with Gasteiger partial charge in [0, 0.05) is 18.3 Å².